The third-order valence-corrected chi connectivity index (χ3v) is 4.65. The number of hydrogen-bond acceptors (Lipinski definition) is 4. The topological polar surface area (TPSA) is 82.1 Å². The van der Waals surface area contributed by atoms with Gasteiger partial charge in [-0.05, 0) is 18.2 Å². The van der Waals surface area contributed by atoms with E-state index in [0.717, 1.165) is 10.6 Å². The second-order valence-corrected chi connectivity index (χ2v) is 6.38. The van der Waals surface area contributed by atoms with Crippen LogP contribution in [0.25, 0.3) is 0 Å². The van der Waals surface area contributed by atoms with Crippen molar-refractivity contribution >= 4 is 23.4 Å². The monoisotopic (exact) mass is 373 g/mol. The van der Waals surface area contributed by atoms with Crippen molar-refractivity contribution in [2.75, 3.05) is 43.5 Å². The van der Waals surface area contributed by atoms with Gasteiger partial charge in [0.2, 0.25) is 0 Å². The Balaban J connectivity index is 1.73. The Kier molecular flexibility index (Phi) is 4.59. The highest BCUT2D eigenvalue weighted by Gasteiger charge is 2.53. The normalized spacial score (nSPS) is 22.6. The number of rotatable bonds is 2. The second kappa shape index (κ2) is 6.58. The molecule has 0 aromatic heterocycles. The van der Waals surface area contributed by atoms with Gasteiger partial charge in [0, 0.05) is 25.8 Å². The number of alkyl halides is 3. The number of aliphatic carboxylic acids is 1. The van der Waals surface area contributed by atoms with E-state index in [1.807, 2.05) is 11.9 Å². The predicted octanol–water partition coefficient (Wildman–Crippen LogP) is 2.24. The summed E-state index contributed by atoms with van der Waals surface area (Å²) >= 11 is 0. The van der Waals surface area contributed by atoms with E-state index < -0.39 is 43.1 Å². The van der Waals surface area contributed by atoms with Gasteiger partial charge in [0.05, 0.1) is 24.1 Å². The SMILES string of the molecule is CN1CCOc2ccc(NC(=O)N3C[C@@H](C(F)(F)F)[C@H](C(=O)O)C3)cc21. The van der Waals surface area contributed by atoms with E-state index in [1.54, 1.807) is 18.2 Å². The molecule has 2 N–H and O–H groups in total. The lowest BCUT2D eigenvalue weighted by molar-refractivity contribution is -0.187. The first kappa shape index (κ1) is 18.2. The fraction of sp³-hybridized carbons (Fsp3) is 0.500. The first-order valence-electron chi connectivity index (χ1n) is 8.00. The molecule has 2 aliphatic heterocycles. The predicted molar refractivity (Wildman–Crippen MR) is 86.5 cm³/mol. The summed E-state index contributed by atoms with van der Waals surface area (Å²) in [5.74, 6) is -4.64. The van der Waals surface area contributed by atoms with Gasteiger partial charge in [-0.1, -0.05) is 0 Å². The number of benzene rings is 1. The van der Waals surface area contributed by atoms with Crippen LogP contribution in [0.1, 0.15) is 0 Å². The van der Waals surface area contributed by atoms with E-state index in [-0.39, 0.29) is 0 Å². The van der Waals surface area contributed by atoms with Gasteiger partial charge in [0.1, 0.15) is 12.4 Å². The fourth-order valence-electron chi connectivity index (χ4n) is 3.18. The summed E-state index contributed by atoms with van der Waals surface area (Å²) in [6, 6.07) is 4.16. The number of amides is 2. The second-order valence-electron chi connectivity index (χ2n) is 6.38. The molecule has 1 fully saturated rings. The minimum absolute atomic E-state index is 0.397. The number of carboxylic acid groups (broad SMARTS) is 1. The van der Waals surface area contributed by atoms with Gasteiger partial charge in [0.25, 0.3) is 0 Å². The molecule has 0 radical (unpaired) electrons. The number of ether oxygens (including phenoxy) is 1. The number of carboxylic acids is 1. The third-order valence-electron chi connectivity index (χ3n) is 4.65. The van der Waals surface area contributed by atoms with Gasteiger partial charge in [-0.2, -0.15) is 13.2 Å². The van der Waals surface area contributed by atoms with Crippen LogP contribution in [0.5, 0.6) is 5.75 Å². The Morgan fingerprint density at radius 2 is 2.04 bits per heavy atom. The number of urea groups is 1. The molecule has 1 aromatic rings. The highest BCUT2D eigenvalue weighted by molar-refractivity contribution is 5.91. The smallest absolute Gasteiger partial charge is 0.394 e. The van der Waals surface area contributed by atoms with Gasteiger partial charge in [0.15, 0.2) is 0 Å². The van der Waals surface area contributed by atoms with Crippen molar-refractivity contribution in [1.82, 2.24) is 4.90 Å². The lowest BCUT2D eigenvalue weighted by Crippen LogP contribution is -2.35. The van der Waals surface area contributed by atoms with E-state index in [9.17, 15) is 22.8 Å². The van der Waals surface area contributed by atoms with Crippen LogP contribution in [0.4, 0.5) is 29.3 Å². The number of carbonyl (C=O) groups is 2. The first-order valence-corrected chi connectivity index (χ1v) is 8.00. The summed E-state index contributed by atoms with van der Waals surface area (Å²) < 4.78 is 44.6. The van der Waals surface area contributed by atoms with Crippen molar-refractivity contribution < 1.29 is 32.6 Å². The number of likely N-dealkylation sites (N-methyl/N-ethyl adjacent to an activating group) is 1. The minimum atomic E-state index is -4.68. The molecule has 26 heavy (non-hydrogen) atoms. The van der Waals surface area contributed by atoms with Crippen LogP contribution < -0.4 is 15.0 Å². The van der Waals surface area contributed by atoms with Crippen molar-refractivity contribution in [2.45, 2.75) is 6.18 Å². The highest BCUT2D eigenvalue weighted by atomic mass is 19.4. The van der Waals surface area contributed by atoms with Gasteiger partial charge >= 0.3 is 18.2 Å². The van der Waals surface area contributed by atoms with Crippen molar-refractivity contribution in [3.63, 3.8) is 0 Å². The maximum atomic E-state index is 13.0. The Bertz CT molecular complexity index is 725. The Morgan fingerprint density at radius 1 is 1.31 bits per heavy atom. The quantitative estimate of drug-likeness (QED) is 0.831. The third kappa shape index (κ3) is 3.49. The van der Waals surface area contributed by atoms with Gasteiger partial charge in [-0.3, -0.25) is 4.79 Å². The number of nitrogens with zero attached hydrogens (tertiary/aromatic N) is 2. The van der Waals surface area contributed by atoms with Crippen LogP contribution in [0, 0.1) is 11.8 Å². The van der Waals surface area contributed by atoms with Gasteiger partial charge in [-0.15, -0.1) is 0 Å². The zero-order valence-corrected chi connectivity index (χ0v) is 13.9. The van der Waals surface area contributed by atoms with Crippen LogP contribution in [0.15, 0.2) is 18.2 Å². The molecule has 2 atom stereocenters. The minimum Gasteiger partial charge on any atom is -0.490 e. The average Bonchev–Trinajstić information content (AvgIpc) is 3.02. The molecule has 0 spiro atoms. The van der Waals surface area contributed by atoms with Crippen LogP contribution >= 0.6 is 0 Å². The lowest BCUT2D eigenvalue weighted by Gasteiger charge is -2.28. The van der Waals surface area contributed by atoms with E-state index in [1.165, 1.54) is 0 Å². The molecule has 10 heteroatoms. The van der Waals surface area contributed by atoms with Crippen LogP contribution in [-0.4, -0.2) is 61.5 Å². The maximum Gasteiger partial charge on any atom is 0.394 e. The molecule has 0 unspecified atom stereocenters. The summed E-state index contributed by atoms with van der Waals surface area (Å²) in [5.41, 5.74) is 1.15. The number of nitrogens with one attached hydrogen (secondary N) is 1. The summed E-state index contributed by atoms with van der Waals surface area (Å²) in [5, 5.41) is 11.6. The molecule has 3 rings (SSSR count). The van der Waals surface area contributed by atoms with E-state index in [2.05, 4.69) is 5.32 Å². The zero-order chi connectivity index (χ0) is 19.1. The molecule has 0 saturated carbocycles. The molecule has 0 bridgehead atoms. The number of hydrogen-bond donors (Lipinski definition) is 2. The van der Waals surface area contributed by atoms with Gasteiger partial charge in [-0.25, -0.2) is 4.79 Å². The molecular formula is C16H18F3N3O4. The Labute approximate surface area is 147 Å². The standard InChI is InChI=1S/C16H18F3N3O4/c1-21-4-5-26-13-3-2-9(6-12(13)21)20-15(25)22-7-10(14(23)24)11(8-22)16(17,18)19/h2-3,6,10-11H,4-5,7-8H2,1H3,(H,20,25)(H,23,24)/t10-,11-/m1/s1. The van der Waals surface area contributed by atoms with Crippen molar-refractivity contribution in [1.29, 1.82) is 0 Å². The molecule has 2 amide bonds. The highest BCUT2D eigenvalue weighted by Crippen LogP contribution is 2.38. The number of anilines is 2. The average molecular weight is 373 g/mol. The van der Waals surface area contributed by atoms with Crippen LogP contribution in [0.2, 0.25) is 0 Å². The van der Waals surface area contributed by atoms with E-state index >= 15 is 0 Å². The number of likely N-dealkylation sites (tertiary alicyclic amines) is 1. The zero-order valence-electron chi connectivity index (χ0n) is 13.9. The molecule has 142 valence electrons. The summed E-state index contributed by atoms with van der Waals surface area (Å²) in [4.78, 5) is 26.2. The molecule has 1 saturated heterocycles. The Hall–Kier alpha value is -2.65. The van der Waals surface area contributed by atoms with Crippen molar-refractivity contribution in [3.8, 4) is 5.75 Å². The largest absolute Gasteiger partial charge is 0.490 e. The van der Waals surface area contributed by atoms with Gasteiger partial charge < -0.3 is 25.0 Å². The maximum absolute atomic E-state index is 13.0. The number of halogens is 3. The summed E-state index contributed by atoms with van der Waals surface area (Å²) in [6.45, 7) is 0.0437. The number of fused-ring (bicyclic) bond motifs is 1. The molecule has 7 nitrogen and oxygen atoms in total. The van der Waals surface area contributed by atoms with Crippen LogP contribution in [-0.2, 0) is 4.79 Å². The fourth-order valence-corrected chi connectivity index (χ4v) is 3.18. The molecular weight excluding hydrogens is 355 g/mol. The van der Waals surface area contributed by atoms with Crippen molar-refractivity contribution in [3.05, 3.63) is 18.2 Å². The lowest BCUT2D eigenvalue weighted by atomic mass is 9.96. The number of carbonyl (C=O) groups excluding carboxylic acids is 1. The summed E-state index contributed by atoms with van der Waals surface area (Å²) in [6.07, 6.45) is -4.68. The van der Waals surface area contributed by atoms with Crippen LogP contribution in [0.3, 0.4) is 0 Å². The molecule has 1 aromatic carbocycles. The molecule has 2 aliphatic rings. The van der Waals surface area contributed by atoms with E-state index in [0.29, 0.717) is 24.6 Å². The van der Waals surface area contributed by atoms with Crippen molar-refractivity contribution in [2.24, 2.45) is 11.8 Å². The summed E-state index contributed by atoms with van der Waals surface area (Å²) in [7, 11) is 1.86. The van der Waals surface area contributed by atoms with E-state index in [4.69, 9.17) is 9.84 Å². The first-order chi connectivity index (χ1) is 12.2. The Morgan fingerprint density at radius 3 is 2.65 bits per heavy atom. The molecule has 0 aliphatic carbocycles. The molecule has 2 heterocycles.